The summed E-state index contributed by atoms with van der Waals surface area (Å²) in [4.78, 5) is 22.3. The Morgan fingerprint density at radius 3 is 2.77 bits per heavy atom. The van der Waals surface area contributed by atoms with E-state index in [4.69, 9.17) is 15.1 Å². The van der Waals surface area contributed by atoms with E-state index >= 15 is 0 Å². The molecule has 1 amide bonds. The van der Waals surface area contributed by atoms with Crippen molar-refractivity contribution in [2.75, 3.05) is 31.9 Å². The molecule has 0 unspecified atom stereocenters. The Labute approximate surface area is 176 Å². The summed E-state index contributed by atoms with van der Waals surface area (Å²) in [6.07, 6.45) is 3.81. The van der Waals surface area contributed by atoms with Gasteiger partial charge in [-0.1, -0.05) is 0 Å². The average molecular weight is 438 g/mol. The second kappa shape index (κ2) is 11.5. The number of hydrogen-bond acceptors (Lipinski definition) is 8. The van der Waals surface area contributed by atoms with E-state index in [9.17, 15) is 14.3 Å². The van der Waals surface area contributed by atoms with E-state index in [1.807, 2.05) is 6.26 Å². The molecule has 0 aliphatic heterocycles. The molecule has 5 N–H and O–H groups in total. The highest BCUT2D eigenvalue weighted by Crippen LogP contribution is 2.28. The summed E-state index contributed by atoms with van der Waals surface area (Å²) in [6, 6.07) is 8.06. The molecular formula is C19H23FN4O5S. The van der Waals surface area contributed by atoms with Crippen LogP contribution in [0.15, 0.2) is 47.8 Å². The van der Waals surface area contributed by atoms with Gasteiger partial charge in [0.2, 0.25) is 0 Å². The number of hydrogen-bond donors (Lipinski definition) is 5. The number of aliphatic hydroxyl groups excluding tert-OH is 3. The summed E-state index contributed by atoms with van der Waals surface area (Å²) in [5, 5.41) is 28.0. The highest BCUT2D eigenvalue weighted by molar-refractivity contribution is 7.98. The third-order valence-electron chi connectivity index (χ3n) is 3.91. The van der Waals surface area contributed by atoms with Gasteiger partial charge in [0.05, 0.1) is 23.4 Å². The molecule has 0 saturated carbocycles. The van der Waals surface area contributed by atoms with Crippen LogP contribution < -0.4 is 10.8 Å². The van der Waals surface area contributed by atoms with Crippen LogP contribution in [0.2, 0.25) is 0 Å². The predicted molar refractivity (Wildman–Crippen MR) is 111 cm³/mol. The molecule has 162 valence electrons. The first-order chi connectivity index (χ1) is 14.5. The average Bonchev–Trinajstić information content (AvgIpc) is 3.14. The summed E-state index contributed by atoms with van der Waals surface area (Å²) < 4.78 is 16.0. The molecule has 11 heteroatoms. The van der Waals surface area contributed by atoms with Gasteiger partial charge in [0, 0.05) is 18.2 Å². The van der Waals surface area contributed by atoms with Crippen molar-refractivity contribution in [3.63, 3.8) is 0 Å². The first kappa shape index (κ1) is 23.6. The zero-order chi connectivity index (χ0) is 22.1. The molecule has 2 aromatic heterocycles. The monoisotopic (exact) mass is 438 g/mol. The number of carbonyl (C=O) groups is 1. The quantitative estimate of drug-likeness (QED) is 0.265. The predicted octanol–water partition coefficient (Wildman–Crippen LogP) is 1.56. The van der Waals surface area contributed by atoms with Crippen LogP contribution in [0.5, 0.6) is 0 Å². The van der Waals surface area contributed by atoms with Gasteiger partial charge in [0.1, 0.15) is 30.7 Å². The number of carbonyl (C=O) groups excluding carboxylic acids is 1. The van der Waals surface area contributed by atoms with E-state index < -0.39 is 24.4 Å². The maximum atomic E-state index is 14.4. The fourth-order valence-electron chi connectivity index (χ4n) is 2.49. The number of anilines is 2. The first-order valence-corrected chi connectivity index (χ1v) is 9.97. The Hall–Kier alpha value is -2.70. The molecule has 30 heavy (non-hydrogen) atoms. The van der Waals surface area contributed by atoms with Gasteiger partial charge in [-0.05, 0) is 36.6 Å². The van der Waals surface area contributed by atoms with E-state index in [1.165, 1.54) is 24.2 Å². The van der Waals surface area contributed by atoms with Crippen molar-refractivity contribution in [1.29, 1.82) is 0 Å². The molecule has 9 nitrogen and oxygen atoms in total. The summed E-state index contributed by atoms with van der Waals surface area (Å²) in [5.41, 5.74) is 3.26. The number of aliphatic hydroxyl groups is 3. The zero-order valence-corrected chi connectivity index (χ0v) is 17.2. The van der Waals surface area contributed by atoms with Crippen molar-refractivity contribution in [2.45, 2.75) is 11.0 Å². The third-order valence-corrected chi connectivity index (χ3v) is 4.63. The van der Waals surface area contributed by atoms with Crippen molar-refractivity contribution >= 4 is 34.7 Å². The largest absolute Gasteiger partial charge is 0.400 e. The van der Waals surface area contributed by atoms with Gasteiger partial charge in [0.15, 0.2) is 0 Å². The molecule has 1 aromatic carbocycles. The van der Waals surface area contributed by atoms with Gasteiger partial charge in [0.25, 0.3) is 5.91 Å². The lowest BCUT2D eigenvalue weighted by atomic mass is 10.2. The van der Waals surface area contributed by atoms with Crippen LogP contribution in [0.25, 0.3) is 5.52 Å². The Bertz CT molecular complexity index is 985. The van der Waals surface area contributed by atoms with Gasteiger partial charge in [-0.25, -0.2) is 14.9 Å². The number of nitrogens with one attached hydrogen (secondary N) is 2. The fourth-order valence-corrected chi connectivity index (χ4v) is 2.91. The minimum atomic E-state index is -1.11. The lowest BCUT2D eigenvalue weighted by molar-refractivity contribution is -0.0295. The van der Waals surface area contributed by atoms with E-state index in [2.05, 4.69) is 15.8 Å². The lowest BCUT2D eigenvalue weighted by Crippen LogP contribution is -2.30. The van der Waals surface area contributed by atoms with Crippen LogP contribution in [0.4, 0.5) is 15.9 Å². The molecule has 3 rings (SSSR count). The number of amides is 1. The van der Waals surface area contributed by atoms with Crippen molar-refractivity contribution in [2.24, 2.45) is 0 Å². The number of hydroxylamine groups is 1. The van der Waals surface area contributed by atoms with Crippen molar-refractivity contribution in [3.05, 3.63) is 54.2 Å². The standard InChI is InChI=1S/C18H19FN4O4S.CH4O/c1-28-13-2-3-16(15(19)7-13)21-17-14(6-11-4-5-20-10-23(11)17)18(26)22-27-9-12(25)8-24;1-2/h2-7,10,12,21,24-25H,8-9H2,1H3,(H,22,26);2H,1H3/t12-;/m1./s1. The first-order valence-electron chi connectivity index (χ1n) is 8.75. The molecule has 0 fully saturated rings. The second-order valence-corrected chi connectivity index (χ2v) is 6.71. The molecule has 2 heterocycles. The molecular weight excluding hydrogens is 415 g/mol. The van der Waals surface area contributed by atoms with E-state index in [0.29, 0.717) is 11.3 Å². The molecule has 0 radical (unpaired) electrons. The second-order valence-electron chi connectivity index (χ2n) is 5.83. The maximum absolute atomic E-state index is 14.4. The number of fused-ring (bicyclic) bond motifs is 1. The van der Waals surface area contributed by atoms with Gasteiger partial charge in [-0.15, -0.1) is 11.8 Å². The summed E-state index contributed by atoms with van der Waals surface area (Å²) >= 11 is 1.42. The van der Waals surface area contributed by atoms with E-state index in [-0.39, 0.29) is 17.9 Å². The number of rotatable bonds is 8. The van der Waals surface area contributed by atoms with Crippen molar-refractivity contribution < 1.29 is 29.3 Å². The molecule has 0 bridgehead atoms. The zero-order valence-electron chi connectivity index (χ0n) is 16.4. The van der Waals surface area contributed by atoms with E-state index in [1.54, 1.807) is 34.9 Å². The third kappa shape index (κ3) is 5.68. The van der Waals surface area contributed by atoms with Crippen LogP contribution in [-0.2, 0) is 4.84 Å². The topological polar surface area (TPSA) is 128 Å². The van der Waals surface area contributed by atoms with Crippen LogP contribution in [0.1, 0.15) is 10.4 Å². The number of halogens is 1. The summed E-state index contributed by atoms with van der Waals surface area (Å²) in [6.45, 7) is -0.763. The minimum absolute atomic E-state index is 0.194. The molecule has 0 saturated heterocycles. The Kier molecular flexibility index (Phi) is 9.02. The van der Waals surface area contributed by atoms with Crippen LogP contribution in [0.3, 0.4) is 0 Å². The van der Waals surface area contributed by atoms with Crippen LogP contribution >= 0.6 is 11.8 Å². The SMILES string of the molecule is CO.CSc1ccc(Nc2c(C(=O)NOC[C@H](O)CO)cc3ccncn23)c(F)c1. The van der Waals surface area contributed by atoms with Gasteiger partial charge in [-0.2, -0.15) is 0 Å². The molecule has 3 aromatic rings. The fraction of sp³-hybridized carbons (Fsp3) is 0.263. The number of aromatic nitrogens is 2. The highest BCUT2D eigenvalue weighted by atomic mass is 32.2. The molecule has 1 atom stereocenters. The van der Waals surface area contributed by atoms with Gasteiger partial charge in [-0.3, -0.25) is 14.0 Å². The molecule has 0 aliphatic carbocycles. The summed E-state index contributed by atoms with van der Waals surface area (Å²) in [5.74, 6) is -0.750. The normalized spacial score (nSPS) is 11.5. The molecule has 0 spiro atoms. The lowest BCUT2D eigenvalue weighted by Gasteiger charge is -2.12. The Morgan fingerprint density at radius 1 is 1.33 bits per heavy atom. The number of nitrogens with zero attached hydrogens (tertiary/aromatic N) is 2. The van der Waals surface area contributed by atoms with E-state index in [0.717, 1.165) is 12.0 Å². The number of thioether (sulfide) groups is 1. The molecule has 0 aliphatic rings. The van der Waals surface area contributed by atoms with Crippen molar-refractivity contribution in [1.82, 2.24) is 14.9 Å². The highest BCUT2D eigenvalue weighted by Gasteiger charge is 2.19. The smallest absolute Gasteiger partial charge is 0.278 e. The van der Waals surface area contributed by atoms with Gasteiger partial charge >= 0.3 is 0 Å². The number of benzene rings is 1. The Morgan fingerprint density at radius 2 is 2.10 bits per heavy atom. The summed E-state index contributed by atoms with van der Waals surface area (Å²) in [7, 11) is 1.00. The van der Waals surface area contributed by atoms with Gasteiger partial charge < -0.3 is 20.6 Å². The van der Waals surface area contributed by atoms with Crippen LogP contribution in [0, 0.1) is 5.82 Å². The maximum Gasteiger partial charge on any atom is 0.278 e. The van der Waals surface area contributed by atoms with Crippen LogP contribution in [-0.4, -0.2) is 63.3 Å². The minimum Gasteiger partial charge on any atom is -0.400 e. The van der Waals surface area contributed by atoms with Crippen molar-refractivity contribution in [3.8, 4) is 0 Å². The Balaban J connectivity index is 0.00000155.